The largest absolute Gasteiger partial charge is 0.336 e. The molecular formula is C21H21IO3S+. The Bertz CT molecular complexity index is 931. The Morgan fingerprint density at radius 1 is 0.615 bits per heavy atom. The molecule has 0 aliphatic carbocycles. The second-order valence-corrected chi connectivity index (χ2v) is 12.7. The fraction of sp³-hybridized carbons (Fsp3) is 0.143. The van der Waals surface area contributed by atoms with Crippen LogP contribution in [0.5, 0.6) is 0 Å². The molecule has 0 aliphatic heterocycles. The summed E-state index contributed by atoms with van der Waals surface area (Å²) in [7, 11) is -3.82. The van der Waals surface area contributed by atoms with Gasteiger partial charge in [-0.2, -0.15) is 8.42 Å². The van der Waals surface area contributed by atoms with E-state index in [0.29, 0.717) is 0 Å². The van der Waals surface area contributed by atoms with Crippen LogP contribution in [0.1, 0.15) is 16.7 Å². The van der Waals surface area contributed by atoms with Crippen LogP contribution in [0.2, 0.25) is 0 Å². The second-order valence-electron chi connectivity index (χ2n) is 6.17. The van der Waals surface area contributed by atoms with Crippen LogP contribution in [0, 0.1) is 27.9 Å². The van der Waals surface area contributed by atoms with Crippen LogP contribution in [0.3, 0.4) is 0 Å². The van der Waals surface area contributed by atoms with Crippen molar-refractivity contribution in [3.63, 3.8) is 0 Å². The molecule has 0 fully saturated rings. The van der Waals surface area contributed by atoms with Gasteiger partial charge in [0.2, 0.25) is 0 Å². The van der Waals surface area contributed by atoms with Gasteiger partial charge >= 0.3 is 30.4 Å². The van der Waals surface area contributed by atoms with Crippen LogP contribution in [0.25, 0.3) is 0 Å². The molecule has 0 aliphatic rings. The van der Waals surface area contributed by atoms with Crippen molar-refractivity contribution in [2.75, 3.05) is 0 Å². The zero-order valence-corrected chi connectivity index (χ0v) is 17.9. The SMILES string of the molecule is Cc1ccc([I+](OS(=O)(=O)c2ccc(C)cc2)c2ccc(C)cc2)cc1. The van der Waals surface area contributed by atoms with Crippen LogP contribution < -0.4 is 20.2 Å². The normalized spacial score (nSPS) is 11.7. The van der Waals surface area contributed by atoms with E-state index in [0.717, 1.165) is 23.8 Å². The Labute approximate surface area is 163 Å². The predicted octanol–water partition coefficient (Wildman–Crippen LogP) is 1.60. The molecule has 5 heteroatoms. The number of aryl methyl sites for hydroxylation is 3. The Kier molecular flexibility index (Phi) is 5.79. The van der Waals surface area contributed by atoms with Crippen molar-refractivity contribution in [1.29, 1.82) is 0 Å². The first-order valence-electron chi connectivity index (χ1n) is 8.20. The summed E-state index contributed by atoms with van der Waals surface area (Å²) in [5.74, 6) is 0. The molecule has 0 aromatic heterocycles. The minimum Gasteiger partial charge on any atom is -0.190 e. The molecule has 0 N–H and O–H groups in total. The molecule has 0 bridgehead atoms. The van der Waals surface area contributed by atoms with E-state index >= 15 is 0 Å². The molecule has 0 saturated heterocycles. The monoisotopic (exact) mass is 480 g/mol. The molecule has 3 nitrogen and oxygen atoms in total. The molecule has 3 rings (SSSR count). The topological polar surface area (TPSA) is 43.4 Å². The highest BCUT2D eigenvalue weighted by molar-refractivity contribution is 7.86. The Morgan fingerprint density at radius 3 is 1.35 bits per heavy atom. The van der Waals surface area contributed by atoms with Gasteiger partial charge in [-0.3, -0.25) is 0 Å². The van der Waals surface area contributed by atoms with E-state index in [1.165, 1.54) is 0 Å². The van der Waals surface area contributed by atoms with Crippen LogP contribution in [0.15, 0.2) is 77.7 Å². The molecule has 135 valence electrons. The minimum atomic E-state index is -3.82. The van der Waals surface area contributed by atoms with E-state index in [1.807, 2.05) is 69.3 Å². The quantitative estimate of drug-likeness (QED) is 0.522. The molecule has 0 spiro atoms. The van der Waals surface area contributed by atoms with Crippen LogP contribution in [0.4, 0.5) is 0 Å². The van der Waals surface area contributed by atoms with E-state index in [2.05, 4.69) is 0 Å². The summed E-state index contributed by atoms with van der Waals surface area (Å²) in [6.45, 7) is 5.95. The predicted molar refractivity (Wildman–Crippen MR) is 99.2 cm³/mol. The van der Waals surface area contributed by atoms with E-state index in [4.69, 9.17) is 2.51 Å². The summed E-state index contributed by atoms with van der Waals surface area (Å²) in [6, 6.07) is 22.7. The summed E-state index contributed by atoms with van der Waals surface area (Å²) in [4.78, 5) is 0.199. The summed E-state index contributed by atoms with van der Waals surface area (Å²) >= 11 is -2.60. The van der Waals surface area contributed by atoms with Gasteiger partial charge in [-0.05, 0) is 59.7 Å². The van der Waals surface area contributed by atoms with Crippen LogP contribution in [-0.2, 0) is 12.6 Å². The highest BCUT2D eigenvalue weighted by Crippen LogP contribution is 2.11. The first-order valence-corrected chi connectivity index (χ1v) is 12.6. The molecular weight excluding hydrogens is 459 g/mol. The number of hydrogen-bond donors (Lipinski definition) is 0. The average molecular weight is 480 g/mol. The van der Waals surface area contributed by atoms with Gasteiger partial charge in [-0.15, -0.1) is 0 Å². The first-order chi connectivity index (χ1) is 12.3. The van der Waals surface area contributed by atoms with E-state index in [-0.39, 0.29) is 4.90 Å². The Morgan fingerprint density at radius 2 is 0.962 bits per heavy atom. The van der Waals surface area contributed by atoms with Gasteiger partial charge in [0, 0.05) is 0 Å². The maximum absolute atomic E-state index is 12.9. The van der Waals surface area contributed by atoms with Gasteiger partial charge in [-0.1, -0.05) is 53.1 Å². The maximum atomic E-state index is 12.9. The fourth-order valence-electron chi connectivity index (χ4n) is 2.32. The molecule has 0 heterocycles. The zero-order valence-electron chi connectivity index (χ0n) is 14.9. The second kappa shape index (κ2) is 7.90. The number of hydrogen-bond acceptors (Lipinski definition) is 3. The zero-order chi connectivity index (χ0) is 18.7. The smallest absolute Gasteiger partial charge is 0.190 e. The van der Waals surface area contributed by atoms with Gasteiger partial charge in [0.05, 0.1) is 4.90 Å². The molecule has 26 heavy (non-hydrogen) atoms. The summed E-state index contributed by atoms with van der Waals surface area (Å²) in [5.41, 5.74) is 3.28. The lowest BCUT2D eigenvalue weighted by molar-refractivity contribution is -1.03. The summed E-state index contributed by atoms with van der Waals surface area (Å²) in [5, 5.41) is 0. The van der Waals surface area contributed by atoms with E-state index in [9.17, 15) is 8.42 Å². The summed E-state index contributed by atoms with van der Waals surface area (Å²) < 4.78 is 33.5. The molecule has 3 aromatic rings. The third-order valence-corrected chi connectivity index (χ3v) is 11.2. The van der Waals surface area contributed by atoms with Gasteiger partial charge in [0.15, 0.2) is 7.14 Å². The standard InChI is InChI=1S/C21H21IO3S/c1-16-4-10-19(11-5-16)22(20-12-6-17(2)7-13-20)25-26(23,24)21-14-8-18(3)9-15-21/h4-15H,1-3H3/q+1. The molecule has 0 unspecified atom stereocenters. The highest BCUT2D eigenvalue weighted by atomic mass is 127. The lowest BCUT2D eigenvalue weighted by Gasteiger charge is -2.07. The van der Waals surface area contributed by atoms with Gasteiger partial charge < -0.3 is 0 Å². The molecule has 0 amide bonds. The van der Waals surface area contributed by atoms with Gasteiger partial charge in [0.25, 0.3) is 0 Å². The van der Waals surface area contributed by atoms with Crippen molar-refractivity contribution >= 4 is 10.1 Å². The van der Waals surface area contributed by atoms with Crippen molar-refractivity contribution in [3.05, 3.63) is 96.6 Å². The molecule has 0 saturated carbocycles. The summed E-state index contributed by atoms with van der Waals surface area (Å²) in [6.07, 6.45) is 0. The average Bonchev–Trinajstić information content (AvgIpc) is 2.62. The van der Waals surface area contributed by atoms with Crippen molar-refractivity contribution in [3.8, 4) is 0 Å². The van der Waals surface area contributed by atoms with Crippen molar-refractivity contribution in [2.24, 2.45) is 0 Å². The first kappa shape index (κ1) is 19.1. The number of rotatable bonds is 5. The maximum Gasteiger partial charge on any atom is 0.336 e. The van der Waals surface area contributed by atoms with Gasteiger partial charge in [-0.25, -0.2) is 0 Å². The lowest BCUT2D eigenvalue weighted by atomic mass is 10.2. The Balaban J connectivity index is 2.01. The number of halogens is 1. The van der Waals surface area contributed by atoms with Crippen LogP contribution in [-0.4, -0.2) is 8.42 Å². The van der Waals surface area contributed by atoms with Crippen molar-refractivity contribution < 1.29 is 31.2 Å². The fourth-order valence-corrected chi connectivity index (χ4v) is 9.21. The van der Waals surface area contributed by atoms with E-state index in [1.54, 1.807) is 24.3 Å². The molecule has 3 aromatic carbocycles. The minimum absolute atomic E-state index is 0.199. The third-order valence-electron chi connectivity index (χ3n) is 3.87. The van der Waals surface area contributed by atoms with Crippen molar-refractivity contribution in [1.82, 2.24) is 0 Å². The molecule has 0 atom stereocenters. The van der Waals surface area contributed by atoms with Crippen LogP contribution >= 0.6 is 0 Å². The van der Waals surface area contributed by atoms with Gasteiger partial charge in [0.1, 0.15) is 0 Å². The Hall–Kier alpha value is -1.70. The third kappa shape index (κ3) is 4.52. The van der Waals surface area contributed by atoms with E-state index < -0.39 is 30.4 Å². The number of benzene rings is 3. The molecule has 1 radical (unpaired) electrons. The van der Waals surface area contributed by atoms with Crippen molar-refractivity contribution in [2.45, 2.75) is 25.7 Å². The lowest BCUT2D eigenvalue weighted by Crippen LogP contribution is -3.85. The highest BCUT2D eigenvalue weighted by Gasteiger charge is 2.37.